The molecule has 0 fully saturated rings. The standard InChI is InChI=1S/C16H28N2O2/c1-5-7-8-10-13(9-6-2)17-16(19)14-11-15(12(3)4)20-18-14/h11-13H,5-10H2,1-4H3,(H,17,19)/t13-/m0/s1. The van der Waals surface area contributed by atoms with Crippen molar-refractivity contribution in [1.82, 2.24) is 10.5 Å². The summed E-state index contributed by atoms with van der Waals surface area (Å²) in [5.74, 6) is 0.892. The Labute approximate surface area is 122 Å². The van der Waals surface area contributed by atoms with Crippen molar-refractivity contribution >= 4 is 5.91 Å². The number of nitrogens with one attached hydrogen (secondary N) is 1. The van der Waals surface area contributed by atoms with Crippen LogP contribution in [-0.2, 0) is 0 Å². The number of carbonyl (C=O) groups excluding carboxylic acids is 1. The molecule has 4 heteroatoms. The first kappa shape index (κ1) is 16.7. The van der Waals surface area contributed by atoms with Gasteiger partial charge < -0.3 is 9.84 Å². The fraction of sp³-hybridized carbons (Fsp3) is 0.750. The number of unbranched alkanes of at least 4 members (excludes halogenated alkanes) is 2. The van der Waals surface area contributed by atoms with E-state index in [4.69, 9.17) is 4.52 Å². The molecule has 0 bridgehead atoms. The Bertz CT molecular complexity index is 399. The van der Waals surface area contributed by atoms with Crippen molar-refractivity contribution in [3.8, 4) is 0 Å². The Morgan fingerprint density at radius 2 is 2.00 bits per heavy atom. The van der Waals surface area contributed by atoms with Crippen molar-refractivity contribution in [2.75, 3.05) is 0 Å². The van der Waals surface area contributed by atoms with Crippen LogP contribution in [0.2, 0.25) is 0 Å². The van der Waals surface area contributed by atoms with Crippen LogP contribution in [0.3, 0.4) is 0 Å². The molecule has 1 atom stereocenters. The summed E-state index contributed by atoms with van der Waals surface area (Å²) in [4.78, 5) is 12.2. The second-order valence-electron chi connectivity index (χ2n) is 5.72. The summed E-state index contributed by atoms with van der Waals surface area (Å²) in [6, 6.07) is 1.99. The van der Waals surface area contributed by atoms with Crippen LogP contribution in [0.25, 0.3) is 0 Å². The second-order valence-corrected chi connectivity index (χ2v) is 5.72. The van der Waals surface area contributed by atoms with Gasteiger partial charge >= 0.3 is 0 Å². The van der Waals surface area contributed by atoms with Crippen LogP contribution in [0.15, 0.2) is 10.6 Å². The third-order valence-electron chi connectivity index (χ3n) is 3.46. The van der Waals surface area contributed by atoms with E-state index in [1.807, 2.05) is 13.8 Å². The summed E-state index contributed by atoms with van der Waals surface area (Å²) < 4.78 is 5.18. The quantitative estimate of drug-likeness (QED) is 0.687. The van der Waals surface area contributed by atoms with Gasteiger partial charge in [0.25, 0.3) is 5.91 Å². The predicted molar refractivity (Wildman–Crippen MR) is 80.9 cm³/mol. The van der Waals surface area contributed by atoms with E-state index in [1.54, 1.807) is 6.07 Å². The SMILES string of the molecule is CCCCC[C@H](CCC)NC(=O)c1cc(C(C)C)on1. The van der Waals surface area contributed by atoms with Gasteiger partial charge in [-0.3, -0.25) is 4.79 Å². The predicted octanol–water partition coefficient (Wildman–Crippen LogP) is 4.28. The van der Waals surface area contributed by atoms with Crippen molar-refractivity contribution in [2.45, 2.75) is 78.2 Å². The van der Waals surface area contributed by atoms with Crippen LogP contribution < -0.4 is 5.32 Å². The van der Waals surface area contributed by atoms with Gasteiger partial charge in [0.15, 0.2) is 5.69 Å². The fourth-order valence-electron chi connectivity index (χ4n) is 2.21. The highest BCUT2D eigenvalue weighted by Crippen LogP contribution is 2.15. The van der Waals surface area contributed by atoms with Crippen LogP contribution in [-0.4, -0.2) is 17.1 Å². The van der Waals surface area contributed by atoms with E-state index in [-0.39, 0.29) is 17.9 Å². The van der Waals surface area contributed by atoms with Crippen LogP contribution in [0.5, 0.6) is 0 Å². The van der Waals surface area contributed by atoms with Crippen molar-refractivity contribution in [3.05, 3.63) is 17.5 Å². The normalized spacial score (nSPS) is 12.7. The molecule has 1 aromatic rings. The molecule has 20 heavy (non-hydrogen) atoms. The molecule has 0 aliphatic heterocycles. The lowest BCUT2D eigenvalue weighted by Gasteiger charge is -2.17. The van der Waals surface area contributed by atoms with Gasteiger partial charge in [-0.1, -0.05) is 58.5 Å². The maximum absolute atomic E-state index is 12.2. The van der Waals surface area contributed by atoms with E-state index >= 15 is 0 Å². The van der Waals surface area contributed by atoms with Gasteiger partial charge in [0.1, 0.15) is 5.76 Å². The molecular formula is C16H28N2O2. The number of hydrogen-bond acceptors (Lipinski definition) is 3. The van der Waals surface area contributed by atoms with Crippen LogP contribution in [0, 0.1) is 0 Å². The highest BCUT2D eigenvalue weighted by molar-refractivity contribution is 5.92. The molecule has 1 heterocycles. The minimum absolute atomic E-state index is 0.115. The topological polar surface area (TPSA) is 55.1 Å². The third kappa shape index (κ3) is 5.35. The van der Waals surface area contributed by atoms with E-state index in [1.165, 1.54) is 12.8 Å². The van der Waals surface area contributed by atoms with E-state index in [0.29, 0.717) is 5.69 Å². The number of nitrogens with zero attached hydrogens (tertiary/aromatic N) is 1. The monoisotopic (exact) mass is 280 g/mol. The number of carbonyl (C=O) groups is 1. The minimum Gasteiger partial charge on any atom is -0.360 e. The van der Waals surface area contributed by atoms with Gasteiger partial charge in [-0.05, 0) is 12.8 Å². The summed E-state index contributed by atoms with van der Waals surface area (Å²) in [6.07, 6.45) is 6.72. The average molecular weight is 280 g/mol. The smallest absolute Gasteiger partial charge is 0.273 e. The second kappa shape index (κ2) is 8.77. The van der Waals surface area contributed by atoms with Gasteiger partial charge in [0, 0.05) is 18.0 Å². The molecular weight excluding hydrogens is 252 g/mol. The Morgan fingerprint density at radius 3 is 2.55 bits per heavy atom. The van der Waals surface area contributed by atoms with Crippen LogP contribution in [0.1, 0.15) is 88.4 Å². The first-order valence-electron chi connectivity index (χ1n) is 7.85. The molecule has 0 saturated carbocycles. The third-order valence-corrected chi connectivity index (χ3v) is 3.46. The molecule has 1 N–H and O–H groups in total. The summed E-state index contributed by atoms with van der Waals surface area (Å²) in [7, 11) is 0. The fourth-order valence-corrected chi connectivity index (χ4v) is 2.21. The molecule has 1 rings (SSSR count). The van der Waals surface area contributed by atoms with Crippen molar-refractivity contribution in [1.29, 1.82) is 0 Å². The lowest BCUT2D eigenvalue weighted by molar-refractivity contribution is 0.0922. The maximum Gasteiger partial charge on any atom is 0.273 e. The number of rotatable bonds is 9. The van der Waals surface area contributed by atoms with Crippen LogP contribution >= 0.6 is 0 Å². The first-order valence-corrected chi connectivity index (χ1v) is 7.85. The number of amides is 1. The highest BCUT2D eigenvalue weighted by Gasteiger charge is 2.17. The average Bonchev–Trinajstić information content (AvgIpc) is 2.89. The molecule has 114 valence electrons. The number of hydrogen-bond donors (Lipinski definition) is 1. The zero-order valence-electron chi connectivity index (χ0n) is 13.2. The lowest BCUT2D eigenvalue weighted by atomic mass is 10.0. The highest BCUT2D eigenvalue weighted by atomic mass is 16.5. The van der Waals surface area contributed by atoms with E-state index < -0.39 is 0 Å². The van der Waals surface area contributed by atoms with Gasteiger partial charge in [0.2, 0.25) is 0 Å². The summed E-state index contributed by atoms with van der Waals surface area (Å²) in [5, 5.41) is 6.94. The Kier molecular flexibility index (Phi) is 7.34. The molecule has 0 aromatic carbocycles. The Morgan fingerprint density at radius 1 is 1.25 bits per heavy atom. The van der Waals surface area contributed by atoms with Gasteiger partial charge in [-0.2, -0.15) is 0 Å². The first-order chi connectivity index (χ1) is 9.58. The van der Waals surface area contributed by atoms with E-state index in [9.17, 15) is 4.79 Å². The Hall–Kier alpha value is -1.32. The lowest BCUT2D eigenvalue weighted by Crippen LogP contribution is -2.35. The van der Waals surface area contributed by atoms with E-state index in [2.05, 4.69) is 24.3 Å². The van der Waals surface area contributed by atoms with Crippen molar-refractivity contribution in [3.63, 3.8) is 0 Å². The summed E-state index contributed by atoms with van der Waals surface area (Å²) in [6.45, 7) is 8.38. The molecule has 1 amide bonds. The van der Waals surface area contributed by atoms with E-state index in [0.717, 1.165) is 31.4 Å². The zero-order chi connectivity index (χ0) is 15.0. The number of aromatic nitrogens is 1. The molecule has 4 nitrogen and oxygen atoms in total. The summed E-state index contributed by atoms with van der Waals surface area (Å²) >= 11 is 0. The molecule has 0 spiro atoms. The molecule has 1 aromatic heterocycles. The molecule has 0 aliphatic carbocycles. The van der Waals surface area contributed by atoms with Crippen molar-refractivity contribution < 1.29 is 9.32 Å². The largest absolute Gasteiger partial charge is 0.360 e. The van der Waals surface area contributed by atoms with Crippen LogP contribution in [0.4, 0.5) is 0 Å². The molecule has 0 unspecified atom stereocenters. The van der Waals surface area contributed by atoms with Gasteiger partial charge in [-0.25, -0.2) is 0 Å². The molecule has 0 aliphatic rings. The zero-order valence-corrected chi connectivity index (χ0v) is 13.2. The maximum atomic E-state index is 12.2. The van der Waals surface area contributed by atoms with Gasteiger partial charge in [0.05, 0.1) is 0 Å². The Balaban J connectivity index is 2.55. The molecule has 0 radical (unpaired) electrons. The van der Waals surface area contributed by atoms with Gasteiger partial charge in [-0.15, -0.1) is 0 Å². The molecule has 0 saturated heterocycles. The van der Waals surface area contributed by atoms with Crippen molar-refractivity contribution in [2.24, 2.45) is 0 Å². The summed E-state index contributed by atoms with van der Waals surface area (Å²) in [5.41, 5.74) is 0.394. The minimum atomic E-state index is -0.115.